The van der Waals surface area contributed by atoms with Gasteiger partial charge in [-0.15, -0.1) is 0 Å². The van der Waals surface area contributed by atoms with E-state index in [-0.39, 0.29) is 17.3 Å². The van der Waals surface area contributed by atoms with Crippen LogP contribution in [0.3, 0.4) is 0 Å². The summed E-state index contributed by atoms with van der Waals surface area (Å²) in [5.41, 5.74) is 6.68. The second kappa shape index (κ2) is 6.71. The van der Waals surface area contributed by atoms with Gasteiger partial charge in [-0.2, -0.15) is 4.31 Å². The topological polar surface area (TPSA) is 92.5 Å². The quantitative estimate of drug-likeness (QED) is 0.757. The Morgan fingerprint density at radius 2 is 2.05 bits per heavy atom. The highest BCUT2D eigenvalue weighted by atomic mass is 32.2. The summed E-state index contributed by atoms with van der Waals surface area (Å²) in [4.78, 5) is 11.8. The minimum atomic E-state index is -3.69. The van der Waals surface area contributed by atoms with E-state index in [0.29, 0.717) is 17.8 Å². The lowest BCUT2D eigenvalue weighted by Gasteiger charge is -2.18. The fourth-order valence-corrected chi connectivity index (χ4v) is 3.07. The molecule has 1 aromatic carbocycles. The molecular weight excluding hydrogens is 278 g/mol. The SMILES string of the molecule is CCCNC(=O)CN(C)S(=O)(=O)c1ccc(N)cc1C. The number of amides is 1. The smallest absolute Gasteiger partial charge is 0.243 e. The van der Waals surface area contributed by atoms with Gasteiger partial charge in [0.15, 0.2) is 0 Å². The molecule has 0 radical (unpaired) electrons. The number of hydrogen-bond donors (Lipinski definition) is 2. The molecule has 0 atom stereocenters. The van der Waals surface area contributed by atoms with Gasteiger partial charge in [0, 0.05) is 19.3 Å². The van der Waals surface area contributed by atoms with Crippen LogP contribution >= 0.6 is 0 Å². The number of hydrogen-bond acceptors (Lipinski definition) is 4. The zero-order valence-corrected chi connectivity index (χ0v) is 12.8. The first kappa shape index (κ1) is 16.5. The molecule has 0 aliphatic carbocycles. The summed E-state index contributed by atoms with van der Waals surface area (Å²) < 4.78 is 25.8. The van der Waals surface area contributed by atoms with Crippen molar-refractivity contribution in [2.45, 2.75) is 25.2 Å². The molecule has 0 aliphatic rings. The number of nitrogens with two attached hydrogens (primary N) is 1. The van der Waals surface area contributed by atoms with Gasteiger partial charge >= 0.3 is 0 Å². The maximum atomic E-state index is 12.4. The fourth-order valence-electron chi connectivity index (χ4n) is 1.74. The van der Waals surface area contributed by atoms with Crippen LogP contribution in [0.1, 0.15) is 18.9 Å². The van der Waals surface area contributed by atoms with Crippen LogP contribution in [0.15, 0.2) is 23.1 Å². The number of aryl methyl sites for hydroxylation is 1. The molecule has 0 saturated carbocycles. The Morgan fingerprint density at radius 1 is 1.40 bits per heavy atom. The summed E-state index contributed by atoms with van der Waals surface area (Å²) in [7, 11) is -2.30. The van der Waals surface area contributed by atoms with Crippen LogP contribution < -0.4 is 11.1 Å². The number of sulfonamides is 1. The molecule has 6 nitrogen and oxygen atoms in total. The first-order valence-electron chi connectivity index (χ1n) is 6.38. The second-order valence-corrected chi connectivity index (χ2v) is 6.65. The number of benzene rings is 1. The highest BCUT2D eigenvalue weighted by Gasteiger charge is 2.24. The van der Waals surface area contributed by atoms with E-state index in [1.165, 1.54) is 19.2 Å². The van der Waals surface area contributed by atoms with Gasteiger partial charge in [-0.3, -0.25) is 4.79 Å². The summed E-state index contributed by atoms with van der Waals surface area (Å²) in [6.07, 6.45) is 0.805. The summed E-state index contributed by atoms with van der Waals surface area (Å²) in [5.74, 6) is -0.314. The van der Waals surface area contributed by atoms with Crippen molar-refractivity contribution in [3.05, 3.63) is 23.8 Å². The molecule has 1 rings (SSSR count). The average molecular weight is 299 g/mol. The van der Waals surface area contributed by atoms with Crippen LogP contribution in [0.2, 0.25) is 0 Å². The third-order valence-electron chi connectivity index (χ3n) is 2.83. The third-order valence-corrected chi connectivity index (χ3v) is 4.79. The minimum Gasteiger partial charge on any atom is -0.399 e. The first-order valence-corrected chi connectivity index (χ1v) is 7.82. The van der Waals surface area contributed by atoms with E-state index in [2.05, 4.69) is 5.32 Å². The van der Waals surface area contributed by atoms with Crippen molar-refractivity contribution in [3.63, 3.8) is 0 Å². The molecule has 0 saturated heterocycles. The van der Waals surface area contributed by atoms with Crippen molar-refractivity contribution in [1.29, 1.82) is 0 Å². The second-order valence-electron chi connectivity index (χ2n) is 4.64. The van der Waals surface area contributed by atoms with Crippen molar-refractivity contribution >= 4 is 21.6 Å². The van der Waals surface area contributed by atoms with Gasteiger partial charge in [-0.1, -0.05) is 6.92 Å². The van der Waals surface area contributed by atoms with E-state index in [4.69, 9.17) is 5.73 Å². The molecule has 0 spiro atoms. The van der Waals surface area contributed by atoms with Gasteiger partial charge in [-0.05, 0) is 37.1 Å². The van der Waals surface area contributed by atoms with Gasteiger partial charge in [0.05, 0.1) is 11.4 Å². The summed E-state index contributed by atoms with van der Waals surface area (Å²) >= 11 is 0. The molecule has 0 fully saturated rings. The predicted molar refractivity (Wildman–Crippen MR) is 78.7 cm³/mol. The van der Waals surface area contributed by atoms with Crippen molar-refractivity contribution in [3.8, 4) is 0 Å². The average Bonchev–Trinajstić information content (AvgIpc) is 2.35. The number of likely N-dealkylation sites (N-methyl/N-ethyl adjacent to an activating group) is 1. The van der Waals surface area contributed by atoms with Crippen molar-refractivity contribution < 1.29 is 13.2 Å². The van der Waals surface area contributed by atoms with E-state index in [9.17, 15) is 13.2 Å². The molecule has 7 heteroatoms. The summed E-state index contributed by atoms with van der Waals surface area (Å²) in [5, 5.41) is 2.65. The molecule has 0 heterocycles. The molecule has 20 heavy (non-hydrogen) atoms. The predicted octanol–water partition coefficient (Wildman–Crippen LogP) is 0.724. The first-order chi connectivity index (χ1) is 9.28. The maximum absolute atomic E-state index is 12.4. The molecular formula is C13H21N3O3S. The Bertz CT molecular complexity index is 585. The maximum Gasteiger partial charge on any atom is 0.243 e. The van der Waals surface area contributed by atoms with E-state index in [1.807, 2.05) is 6.92 Å². The Labute approximate surface area is 120 Å². The van der Waals surface area contributed by atoms with E-state index >= 15 is 0 Å². The number of carbonyl (C=O) groups is 1. The van der Waals surface area contributed by atoms with Gasteiger partial charge in [0.25, 0.3) is 0 Å². The normalized spacial score (nSPS) is 11.6. The zero-order chi connectivity index (χ0) is 15.3. The van der Waals surface area contributed by atoms with Crippen molar-refractivity contribution in [1.82, 2.24) is 9.62 Å². The van der Waals surface area contributed by atoms with Crippen LogP contribution in [0, 0.1) is 6.92 Å². The molecule has 0 bridgehead atoms. The molecule has 1 amide bonds. The van der Waals surface area contributed by atoms with Crippen LogP contribution in [0.25, 0.3) is 0 Å². The van der Waals surface area contributed by atoms with Gasteiger partial charge in [0.1, 0.15) is 0 Å². The number of anilines is 1. The molecule has 0 unspecified atom stereocenters. The Hall–Kier alpha value is -1.60. The molecule has 0 aromatic heterocycles. The molecule has 1 aromatic rings. The van der Waals surface area contributed by atoms with Crippen LogP contribution in [-0.2, 0) is 14.8 Å². The van der Waals surface area contributed by atoms with Crippen molar-refractivity contribution in [2.75, 3.05) is 25.9 Å². The number of nitrogens with zero attached hydrogens (tertiary/aromatic N) is 1. The van der Waals surface area contributed by atoms with E-state index in [0.717, 1.165) is 10.7 Å². The number of nitrogen functional groups attached to an aromatic ring is 1. The monoisotopic (exact) mass is 299 g/mol. The standard InChI is InChI=1S/C13H21N3O3S/c1-4-7-15-13(17)9-16(3)20(18,19)12-6-5-11(14)8-10(12)2/h5-6,8H,4,7,9,14H2,1-3H3,(H,15,17). The van der Waals surface area contributed by atoms with E-state index in [1.54, 1.807) is 13.0 Å². The Kier molecular flexibility index (Phi) is 5.52. The van der Waals surface area contributed by atoms with E-state index < -0.39 is 10.0 Å². The third kappa shape index (κ3) is 3.94. The van der Waals surface area contributed by atoms with Crippen LogP contribution in [0.4, 0.5) is 5.69 Å². The number of nitrogens with one attached hydrogen (secondary N) is 1. The fraction of sp³-hybridized carbons (Fsp3) is 0.462. The number of carbonyl (C=O) groups excluding carboxylic acids is 1. The molecule has 0 aliphatic heterocycles. The molecule has 112 valence electrons. The van der Waals surface area contributed by atoms with Gasteiger partial charge in [-0.25, -0.2) is 8.42 Å². The highest BCUT2D eigenvalue weighted by Crippen LogP contribution is 2.20. The highest BCUT2D eigenvalue weighted by molar-refractivity contribution is 7.89. The minimum absolute atomic E-state index is 0.164. The summed E-state index contributed by atoms with van der Waals surface area (Å²) in [6, 6.07) is 4.59. The largest absolute Gasteiger partial charge is 0.399 e. The lowest BCUT2D eigenvalue weighted by molar-refractivity contribution is -0.121. The lowest BCUT2D eigenvalue weighted by atomic mass is 10.2. The van der Waals surface area contributed by atoms with Gasteiger partial charge < -0.3 is 11.1 Å². The lowest BCUT2D eigenvalue weighted by Crippen LogP contribution is -2.38. The Morgan fingerprint density at radius 3 is 2.60 bits per heavy atom. The van der Waals surface area contributed by atoms with Gasteiger partial charge in [0.2, 0.25) is 15.9 Å². The van der Waals surface area contributed by atoms with Crippen LogP contribution in [-0.4, -0.2) is 38.8 Å². The number of rotatable bonds is 6. The van der Waals surface area contributed by atoms with Crippen LogP contribution in [0.5, 0.6) is 0 Å². The molecule has 3 N–H and O–H groups in total. The van der Waals surface area contributed by atoms with Crippen molar-refractivity contribution in [2.24, 2.45) is 0 Å². The Balaban J connectivity index is 2.90. The summed E-state index contributed by atoms with van der Waals surface area (Å²) in [6.45, 7) is 3.94. The zero-order valence-electron chi connectivity index (χ0n) is 12.0.